The Labute approximate surface area is 67.5 Å². The van der Waals surface area contributed by atoms with Crippen LogP contribution in [0.15, 0.2) is 0 Å². The monoisotopic (exact) mass is 140 g/mol. The van der Waals surface area contributed by atoms with E-state index in [1.54, 1.807) is 0 Å². The smallest absolute Gasteiger partial charge is 0.0950 e. The average molecular weight is 140 g/mol. The van der Waals surface area contributed by atoms with Gasteiger partial charge in [0.1, 0.15) is 16.3 Å². The zero-order valence-electron chi connectivity index (χ0n) is 7.23. The van der Waals surface area contributed by atoms with Crippen LogP contribution in [0.3, 0.4) is 0 Å². The van der Waals surface area contributed by atoms with Crippen LogP contribution >= 0.6 is 0 Å². The topological polar surface area (TPSA) is 0 Å². The van der Waals surface area contributed by atoms with Crippen LogP contribution in [-0.2, 0) is 0 Å². The Morgan fingerprint density at radius 1 is 1.00 bits per heavy atom. The molecular weight excluding hydrogens is 123 g/mol. The summed E-state index contributed by atoms with van der Waals surface area (Å²) in [7, 11) is 0. The summed E-state index contributed by atoms with van der Waals surface area (Å²) >= 11 is 2.95. The SMILES string of the molecule is CC(C)[C](C)([Al])C(C)C. The highest BCUT2D eigenvalue weighted by Gasteiger charge is 2.23. The Kier molecular flexibility index (Phi) is 3.26. The van der Waals surface area contributed by atoms with Gasteiger partial charge in [-0.05, 0) is 0 Å². The number of hydrogen-bond acceptors (Lipinski definition) is 0. The van der Waals surface area contributed by atoms with Crippen molar-refractivity contribution in [3.63, 3.8) is 0 Å². The second-order valence-corrected chi connectivity index (χ2v) is 4.92. The summed E-state index contributed by atoms with van der Waals surface area (Å²) in [5.41, 5.74) is 0. The first-order valence-corrected chi connectivity index (χ1v) is 4.25. The first-order valence-electron chi connectivity index (χ1n) is 3.68. The van der Waals surface area contributed by atoms with E-state index < -0.39 is 0 Å². The minimum Gasteiger partial charge on any atom is -0.0950 e. The molecule has 9 heavy (non-hydrogen) atoms. The van der Waals surface area contributed by atoms with Crippen LogP contribution in [0.25, 0.3) is 0 Å². The zero-order valence-corrected chi connectivity index (χ0v) is 8.39. The molecule has 0 bridgehead atoms. The Morgan fingerprint density at radius 3 is 1.22 bits per heavy atom. The van der Waals surface area contributed by atoms with Crippen molar-refractivity contribution in [2.75, 3.05) is 0 Å². The third kappa shape index (κ3) is 2.32. The second-order valence-electron chi connectivity index (χ2n) is 3.68. The predicted octanol–water partition coefficient (Wildman–Crippen LogP) is 2.65. The van der Waals surface area contributed by atoms with Crippen LogP contribution in [0, 0.1) is 11.8 Å². The highest BCUT2D eigenvalue weighted by Crippen LogP contribution is 2.38. The Balaban J connectivity index is 4.01. The van der Waals surface area contributed by atoms with E-state index in [-0.39, 0.29) is 0 Å². The summed E-state index contributed by atoms with van der Waals surface area (Å²) in [6.45, 7) is 11.4. The van der Waals surface area contributed by atoms with Crippen molar-refractivity contribution in [3.05, 3.63) is 0 Å². The van der Waals surface area contributed by atoms with Gasteiger partial charge in [0, 0.05) is 0 Å². The average Bonchev–Trinajstić information content (AvgIpc) is 1.65. The fourth-order valence-corrected chi connectivity index (χ4v) is 0.667. The van der Waals surface area contributed by atoms with Gasteiger partial charge in [-0.3, -0.25) is 0 Å². The largest absolute Gasteiger partial charge is 0.129 e. The minimum atomic E-state index is 0.417. The Morgan fingerprint density at radius 2 is 1.22 bits per heavy atom. The van der Waals surface area contributed by atoms with Crippen molar-refractivity contribution in [1.82, 2.24) is 0 Å². The molecule has 0 amide bonds. The molecular formula is C8H17Al. The molecule has 0 aromatic carbocycles. The fourth-order valence-electron chi connectivity index (χ4n) is 0.667. The van der Waals surface area contributed by atoms with E-state index in [1.807, 2.05) is 0 Å². The number of rotatable bonds is 2. The van der Waals surface area contributed by atoms with Crippen molar-refractivity contribution in [2.24, 2.45) is 11.8 Å². The summed E-state index contributed by atoms with van der Waals surface area (Å²) in [5, 5.41) is 0. The molecule has 0 heterocycles. The van der Waals surface area contributed by atoms with Gasteiger partial charge < -0.3 is 0 Å². The van der Waals surface area contributed by atoms with Gasteiger partial charge >= 0.3 is 0 Å². The molecule has 0 rings (SSSR count). The predicted molar refractivity (Wildman–Crippen MR) is 43.8 cm³/mol. The molecule has 1 heteroatoms. The van der Waals surface area contributed by atoms with E-state index in [0.29, 0.717) is 4.28 Å². The van der Waals surface area contributed by atoms with E-state index in [4.69, 9.17) is 0 Å². The van der Waals surface area contributed by atoms with Crippen LogP contribution in [0.1, 0.15) is 34.6 Å². The lowest BCUT2D eigenvalue weighted by Crippen LogP contribution is -2.21. The summed E-state index contributed by atoms with van der Waals surface area (Å²) in [6, 6.07) is 0. The quantitative estimate of drug-likeness (QED) is 0.517. The maximum Gasteiger partial charge on any atom is 0.129 e. The third-order valence-electron chi connectivity index (χ3n) is 2.49. The highest BCUT2D eigenvalue weighted by atomic mass is 27.0. The summed E-state index contributed by atoms with van der Waals surface area (Å²) in [6.07, 6.45) is 0. The highest BCUT2D eigenvalue weighted by molar-refractivity contribution is 6.15. The molecule has 0 saturated carbocycles. The molecule has 0 nitrogen and oxygen atoms in total. The molecule has 0 aliphatic carbocycles. The molecule has 0 N–H and O–H groups in total. The van der Waals surface area contributed by atoms with Gasteiger partial charge in [0.2, 0.25) is 0 Å². The maximum atomic E-state index is 2.95. The molecule has 0 aliphatic rings. The summed E-state index contributed by atoms with van der Waals surface area (Å²) in [5.74, 6) is 1.50. The van der Waals surface area contributed by atoms with Crippen molar-refractivity contribution >= 4 is 16.3 Å². The molecule has 52 valence electrons. The maximum absolute atomic E-state index is 2.95. The molecule has 0 aromatic heterocycles. The lowest BCUT2D eigenvalue weighted by Gasteiger charge is -2.35. The molecule has 0 aromatic rings. The van der Waals surface area contributed by atoms with Crippen LogP contribution in [0.4, 0.5) is 0 Å². The second kappa shape index (κ2) is 3.08. The third-order valence-corrected chi connectivity index (χ3v) is 3.82. The Bertz CT molecular complexity index is 72.6. The zero-order chi connectivity index (χ0) is 7.65. The van der Waals surface area contributed by atoms with Gasteiger partial charge in [0.05, 0.1) is 0 Å². The van der Waals surface area contributed by atoms with Crippen molar-refractivity contribution < 1.29 is 0 Å². The van der Waals surface area contributed by atoms with Gasteiger partial charge in [-0.2, -0.15) is 0 Å². The standard InChI is InChI=1S/C8H17.Al/c1-6(2)8(5)7(3)4;/h6-7H,1-5H3;. The van der Waals surface area contributed by atoms with Gasteiger partial charge in [-0.1, -0.05) is 50.7 Å². The van der Waals surface area contributed by atoms with Crippen LogP contribution in [0.2, 0.25) is 4.28 Å². The number of hydrogen-bond donors (Lipinski definition) is 0. The molecule has 0 aliphatic heterocycles. The summed E-state index contributed by atoms with van der Waals surface area (Å²) in [4.78, 5) is 0. The lowest BCUT2D eigenvalue weighted by atomic mass is 9.86. The molecule has 0 saturated heterocycles. The van der Waals surface area contributed by atoms with Gasteiger partial charge in [-0.15, -0.1) is 0 Å². The van der Waals surface area contributed by atoms with Crippen LogP contribution < -0.4 is 0 Å². The summed E-state index contributed by atoms with van der Waals surface area (Å²) < 4.78 is 0.417. The van der Waals surface area contributed by atoms with E-state index >= 15 is 0 Å². The molecule has 0 spiro atoms. The van der Waals surface area contributed by atoms with Crippen molar-refractivity contribution in [2.45, 2.75) is 38.9 Å². The van der Waals surface area contributed by atoms with E-state index in [0.717, 1.165) is 11.8 Å². The van der Waals surface area contributed by atoms with E-state index in [1.165, 1.54) is 0 Å². The van der Waals surface area contributed by atoms with E-state index in [2.05, 4.69) is 50.9 Å². The van der Waals surface area contributed by atoms with Gasteiger partial charge in [-0.25, -0.2) is 0 Å². The van der Waals surface area contributed by atoms with Crippen molar-refractivity contribution in [1.29, 1.82) is 0 Å². The van der Waals surface area contributed by atoms with Gasteiger partial charge in [0.15, 0.2) is 0 Å². The Hall–Kier alpha value is 0.532. The van der Waals surface area contributed by atoms with Crippen LogP contribution in [-0.4, -0.2) is 16.3 Å². The first kappa shape index (κ1) is 9.53. The van der Waals surface area contributed by atoms with E-state index in [9.17, 15) is 0 Å². The molecule has 0 atom stereocenters. The normalized spacial score (nSPS) is 13.2. The van der Waals surface area contributed by atoms with Crippen molar-refractivity contribution in [3.8, 4) is 0 Å². The van der Waals surface area contributed by atoms with Crippen LogP contribution in [0.5, 0.6) is 0 Å². The molecule has 2 radical (unpaired) electrons. The van der Waals surface area contributed by atoms with Gasteiger partial charge in [0.25, 0.3) is 0 Å². The first-order chi connectivity index (χ1) is 3.89. The lowest BCUT2D eigenvalue weighted by molar-refractivity contribution is 0.339. The minimum absolute atomic E-state index is 0.417. The molecule has 0 fully saturated rings. The molecule has 0 unspecified atom stereocenters. The fraction of sp³-hybridized carbons (Fsp3) is 1.00.